The van der Waals surface area contributed by atoms with Gasteiger partial charge in [0.25, 0.3) is 0 Å². The van der Waals surface area contributed by atoms with Gasteiger partial charge in [-0.2, -0.15) is 13.2 Å². The lowest BCUT2D eigenvalue weighted by atomic mass is 10.3. The molecule has 0 saturated heterocycles. The van der Waals surface area contributed by atoms with Gasteiger partial charge in [0.1, 0.15) is 19.0 Å². The van der Waals surface area contributed by atoms with Crippen LogP contribution in [0.5, 0.6) is 5.75 Å². The molecule has 0 aliphatic heterocycles. The normalized spacial score (nSPS) is 11.6. The zero-order valence-corrected chi connectivity index (χ0v) is 10.5. The smallest absolute Gasteiger partial charge is 0.411 e. The number of aromatic nitrogens is 1. The van der Waals surface area contributed by atoms with Crippen LogP contribution in [-0.2, 0) is 10.6 Å². The van der Waals surface area contributed by atoms with Crippen molar-refractivity contribution in [3.63, 3.8) is 0 Å². The van der Waals surface area contributed by atoms with Gasteiger partial charge in [-0.25, -0.2) is 0 Å². The molecule has 0 fully saturated rings. The maximum atomic E-state index is 11.8. The van der Waals surface area contributed by atoms with E-state index in [0.29, 0.717) is 11.4 Å². The predicted molar refractivity (Wildman–Crippen MR) is 60.9 cm³/mol. The summed E-state index contributed by atoms with van der Waals surface area (Å²) in [5.74, 6) is 0.645. The van der Waals surface area contributed by atoms with Gasteiger partial charge < -0.3 is 9.47 Å². The molecule has 0 amide bonds. The first kappa shape index (κ1) is 15.0. The van der Waals surface area contributed by atoms with E-state index in [-0.39, 0.29) is 19.1 Å². The summed E-state index contributed by atoms with van der Waals surface area (Å²) in [7, 11) is 0. The highest BCUT2D eigenvalue weighted by Gasteiger charge is 2.27. The Balaban J connectivity index is 2.35. The van der Waals surface area contributed by atoms with E-state index in [1.807, 2.05) is 6.92 Å². The van der Waals surface area contributed by atoms with Crippen LogP contribution in [-0.4, -0.2) is 31.0 Å². The highest BCUT2D eigenvalue weighted by Crippen LogP contribution is 2.19. The number of nitrogens with zero attached hydrogens (tertiary/aromatic N) is 1. The van der Waals surface area contributed by atoms with Crippen molar-refractivity contribution < 1.29 is 22.6 Å². The Bertz CT molecular complexity index is 385. The summed E-state index contributed by atoms with van der Waals surface area (Å²) in [6.45, 7) is 0.414. The highest BCUT2D eigenvalue weighted by atomic mass is 35.5. The van der Waals surface area contributed by atoms with Gasteiger partial charge in [-0.3, -0.25) is 4.98 Å². The molecule has 1 heterocycles. The van der Waals surface area contributed by atoms with E-state index in [0.717, 1.165) is 5.69 Å². The van der Waals surface area contributed by atoms with Crippen molar-refractivity contribution >= 4 is 11.6 Å². The van der Waals surface area contributed by atoms with E-state index in [4.69, 9.17) is 16.3 Å². The van der Waals surface area contributed by atoms with E-state index in [2.05, 4.69) is 9.72 Å². The van der Waals surface area contributed by atoms with Crippen LogP contribution in [0.4, 0.5) is 13.2 Å². The summed E-state index contributed by atoms with van der Waals surface area (Å²) in [6.07, 6.45) is -4.31. The van der Waals surface area contributed by atoms with Crippen molar-refractivity contribution in [2.24, 2.45) is 0 Å². The third-order valence-corrected chi connectivity index (χ3v) is 2.20. The molecule has 0 aromatic carbocycles. The van der Waals surface area contributed by atoms with Crippen LogP contribution < -0.4 is 4.74 Å². The molecule has 1 aromatic heterocycles. The Morgan fingerprint density at radius 3 is 2.61 bits per heavy atom. The van der Waals surface area contributed by atoms with Crippen LogP contribution in [0.2, 0.25) is 0 Å². The van der Waals surface area contributed by atoms with Crippen molar-refractivity contribution in [2.75, 3.05) is 19.8 Å². The number of rotatable bonds is 6. The summed E-state index contributed by atoms with van der Waals surface area (Å²) in [5, 5.41) is 0. The minimum atomic E-state index is -4.31. The zero-order valence-electron chi connectivity index (χ0n) is 9.76. The van der Waals surface area contributed by atoms with Crippen molar-refractivity contribution in [2.45, 2.75) is 19.0 Å². The van der Waals surface area contributed by atoms with Gasteiger partial charge in [0.15, 0.2) is 0 Å². The second-order valence-electron chi connectivity index (χ2n) is 3.55. The number of ether oxygens (including phenoxy) is 2. The second-order valence-corrected chi connectivity index (χ2v) is 3.81. The maximum absolute atomic E-state index is 11.8. The lowest BCUT2D eigenvalue weighted by Gasteiger charge is -2.11. The van der Waals surface area contributed by atoms with Gasteiger partial charge in [0, 0.05) is 5.69 Å². The molecule has 0 spiro atoms. The minimum Gasteiger partial charge on any atom is -0.489 e. The molecule has 102 valence electrons. The first-order valence-electron chi connectivity index (χ1n) is 5.22. The maximum Gasteiger partial charge on any atom is 0.411 e. The molecule has 0 aliphatic rings. The third kappa shape index (κ3) is 5.55. The summed E-state index contributed by atoms with van der Waals surface area (Å²) < 4.78 is 45.0. The topological polar surface area (TPSA) is 31.4 Å². The van der Waals surface area contributed by atoms with Gasteiger partial charge in [-0.15, -0.1) is 11.6 Å². The van der Waals surface area contributed by atoms with Crippen LogP contribution in [0, 0.1) is 6.92 Å². The zero-order chi connectivity index (χ0) is 13.6. The fourth-order valence-electron chi connectivity index (χ4n) is 1.22. The number of alkyl halides is 4. The molecule has 0 atom stereocenters. The van der Waals surface area contributed by atoms with E-state index in [9.17, 15) is 13.2 Å². The number of hydrogen-bond donors (Lipinski definition) is 0. The number of halogens is 4. The van der Waals surface area contributed by atoms with Crippen LogP contribution in [0.3, 0.4) is 0 Å². The van der Waals surface area contributed by atoms with E-state index in [1.54, 1.807) is 12.1 Å². The first-order valence-corrected chi connectivity index (χ1v) is 5.75. The van der Waals surface area contributed by atoms with Crippen molar-refractivity contribution in [1.29, 1.82) is 0 Å². The Hall–Kier alpha value is -1.01. The lowest BCUT2D eigenvalue weighted by molar-refractivity contribution is -0.175. The highest BCUT2D eigenvalue weighted by molar-refractivity contribution is 6.17. The average molecular weight is 284 g/mol. The summed E-state index contributed by atoms with van der Waals surface area (Å²) >= 11 is 5.68. The molecular weight excluding hydrogens is 271 g/mol. The number of aryl methyl sites for hydroxylation is 1. The van der Waals surface area contributed by atoms with Crippen LogP contribution in [0.15, 0.2) is 12.1 Å². The Labute approximate surface area is 108 Å². The fraction of sp³-hybridized carbons (Fsp3) is 0.545. The monoisotopic (exact) mass is 283 g/mol. The molecule has 7 heteroatoms. The second kappa shape index (κ2) is 6.80. The molecule has 0 bridgehead atoms. The molecular formula is C11H13ClF3NO2. The number of hydrogen-bond acceptors (Lipinski definition) is 3. The molecule has 0 aliphatic carbocycles. The average Bonchev–Trinajstić information content (AvgIpc) is 2.28. The molecule has 1 aromatic rings. The van der Waals surface area contributed by atoms with Crippen molar-refractivity contribution in [3.05, 3.63) is 23.5 Å². The quantitative estimate of drug-likeness (QED) is 0.594. The molecule has 0 radical (unpaired) electrons. The fourth-order valence-corrected chi connectivity index (χ4v) is 1.41. The van der Waals surface area contributed by atoms with E-state index >= 15 is 0 Å². The Morgan fingerprint density at radius 2 is 2.00 bits per heavy atom. The van der Waals surface area contributed by atoms with Crippen LogP contribution in [0.1, 0.15) is 11.4 Å². The Morgan fingerprint density at radius 1 is 1.28 bits per heavy atom. The summed E-state index contributed by atoms with van der Waals surface area (Å²) in [6, 6.07) is 3.42. The van der Waals surface area contributed by atoms with Crippen molar-refractivity contribution in [1.82, 2.24) is 4.98 Å². The molecule has 18 heavy (non-hydrogen) atoms. The van der Waals surface area contributed by atoms with Gasteiger partial charge in [-0.05, 0) is 19.1 Å². The number of pyridine rings is 1. The molecule has 3 nitrogen and oxygen atoms in total. The van der Waals surface area contributed by atoms with Gasteiger partial charge >= 0.3 is 6.18 Å². The molecule has 0 N–H and O–H groups in total. The lowest BCUT2D eigenvalue weighted by Crippen LogP contribution is -2.19. The predicted octanol–water partition coefficient (Wildman–Crippen LogP) is 3.09. The van der Waals surface area contributed by atoms with Gasteiger partial charge in [0.2, 0.25) is 0 Å². The van der Waals surface area contributed by atoms with Gasteiger partial charge in [-0.1, -0.05) is 0 Å². The van der Waals surface area contributed by atoms with E-state index < -0.39 is 12.8 Å². The van der Waals surface area contributed by atoms with Crippen LogP contribution in [0.25, 0.3) is 0 Å². The standard InChI is InChI=1S/C11H13ClF3NO2/c1-8-2-3-10(9(6-12)16-8)18-5-4-17-7-11(13,14)15/h2-3H,4-7H2,1H3. The van der Waals surface area contributed by atoms with E-state index in [1.165, 1.54) is 0 Å². The largest absolute Gasteiger partial charge is 0.489 e. The third-order valence-electron chi connectivity index (χ3n) is 1.95. The molecule has 0 unspecified atom stereocenters. The van der Waals surface area contributed by atoms with Crippen LogP contribution >= 0.6 is 11.6 Å². The van der Waals surface area contributed by atoms with Gasteiger partial charge in [0.05, 0.1) is 18.2 Å². The SMILES string of the molecule is Cc1ccc(OCCOCC(F)(F)F)c(CCl)n1. The Kier molecular flexibility index (Phi) is 5.68. The molecule has 1 rings (SSSR count). The minimum absolute atomic E-state index is 0.0186. The van der Waals surface area contributed by atoms with Crippen molar-refractivity contribution in [3.8, 4) is 5.75 Å². The summed E-state index contributed by atoms with van der Waals surface area (Å²) in [4.78, 5) is 4.15. The summed E-state index contributed by atoms with van der Waals surface area (Å²) in [5.41, 5.74) is 1.36. The molecule has 0 saturated carbocycles. The first-order chi connectivity index (χ1) is 8.42.